The molecule has 2 aromatic carbocycles. The molecule has 0 bridgehead atoms. The van der Waals surface area contributed by atoms with Gasteiger partial charge in [-0.2, -0.15) is 0 Å². The maximum atomic E-state index is 5.84. The summed E-state index contributed by atoms with van der Waals surface area (Å²) in [6, 6.07) is 12.2. The fourth-order valence-corrected chi connectivity index (χ4v) is 2.88. The summed E-state index contributed by atoms with van der Waals surface area (Å²) in [7, 11) is 1.53. The van der Waals surface area contributed by atoms with Gasteiger partial charge < -0.3 is 19.0 Å². The molecule has 0 spiro atoms. The van der Waals surface area contributed by atoms with Gasteiger partial charge in [0, 0.05) is 0 Å². The first-order valence-electron chi connectivity index (χ1n) is 9.85. The fourth-order valence-electron chi connectivity index (χ4n) is 2.88. The maximum Gasteiger partial charge on any atom is 0.189 e. The molecule has 0 unspecified atom stereocenters. The van der Waals surface area contributed by atoms with Crippen molar-refractivity contribution < 1.29 is 19.0 Å². The zero-order valence-electron chi connectivity index (χ0n) is 17.8. The Hall–Kier alpha value is -2.79. The molecule has 5 heteroatoms. The second kappa shape index (κ2) is 12.6. The quantitative estimate of drug-likeness (QED) is 0.162. The molecule has 5 nitrogen and oxygen atoms in total. The lowest BCUT2D eigenvalue weighted by Crippen LogP contribution is -2.07. The summed E-state index contributed by atoms with van der Waals surface area (Å²) < 4.78 is 17.2. The number of benzene rings is 2. The Bertz CT molecular complexity index is 774. The van der Waals surface area contributed by atoms with Crippen LogP contribution in [0.25, 0.3) is 0 Å². The average molecular weight is 398 g/mol. The van der Waals surface area contributed by atoms with Crippen molar-refractivity contribution in [2.24, 2.45) is 5.16 Å². The molecule has 0 aliphatic carbocycles. The third kappa shape index (κ3) is 8.00. The molecule has 0 amide bonds. The van der Waals surface area contributed by atoms with E-state index in [1.54, 1.807) is 6.21 Å². The number of hydrogen-bond donors (Lipinski definition) is 0. The van der Waals surface area contributed by atoms with E-state index in [1.165, 1.54) is 12.7 Å². The van der Waals surface area contributed by atoms with E-state index in [1.807, 2.05) is 57.2 Å². The summed E-state index contributed by atoms with van der Waals surface area (Å²) in [5, 5.41) is 3.76. The van der Waals surface area contributed by atoms with Gasteiger partial charge in [-0.3, -0.25) is 0 Å². The highest BCUT2D eigenvalue weighted by Crippen LogP contribution is 2.28. The van der Waals surface area contributed by atoms with Gasteiger partial charge in [-0.25, -0.2) is 0 Å². The molecule has 0 aromatic heterocycles. The predicted octanol–water partition coefficient (Wildman–Crippen LogP) is 5.22. The van der Waals surface area contributed by atoms with E-state index >= 15 is 0 Å². The zero-order chi connectivity index (χ0) is 20.9. The van der Waals surface area contributed by atoms with Crippen molar-refractivity contribution in [3.8, 4) is 11.5 Å². The molecular weight excluding hydrogens is 366 g/mol. The molecule has 0 aliphatic heterocycles. The van der Waals surface area contributed by atoms with Crippen molar-refractivity contribution in [3.05, 3.63) is 70.8 Å². The van der Waals surface area contributed by atoms with E-state index < -0.39 is 0 Å². The van der Waals surface area contributed by atoms with Crippen molar-refractivity contribution >= 4 is 6.21 Å². The molecule has 0 fully saturated rings. The van der Waals surface area contributed by atoms with Crippen LogP contribution in [0, 0.1) is 13.8 Å². The van der Waals surface area contributed by atoms with Crippen LogP contribution in [0.4, 0.5) is 0 Å². The van der Waals surface area contributed by atoms with Crippen LogP contribution in [0.2, 0.25) is 0 Å². The second-order valence-electron chi connectivity index (χ2n) is 6.70. The summed E-state index contributed by atoms with van der Waals surface area (Å²) in [6.07, 6.45) is 7.53. The first-order valence-corrected chi connectivity index (χ1v) is 9.85. The van der Waals surface area contributed by atoms with E-state index in [9.17, 15) is 0 Å². The Kier molecular flexibility index (Phi) is 9.80. The van der Waals surface area contributed by atoms with Crippen LogP contribution < -0.4 is 9.47 Å². The van der Waals surface area contributed by atoms with Crippen LogP contribution in [-0.4, -0.2) is 33.3 Å². The van der Waals surface area contributed by atoms with Gasteiger partial charge in [0.05, 0.1) is 12.8 Å². The third-order valence-electron chi connectivity index (χ3n) is 4.34. The number of rotatable bonds is 12. The Labute approximate surface area is 173 Å². The first-order chi connectivity index (χ1) is 14.1. The minimum Gasteiger partial charge on any atom is -0.490 e. The third-order valence-corrected chi connectivity index (χ3v) is 4.34. The summed E-state index contributed by atoms with van der Waals surface area (Å²) in [5.41, 5.74) is 4.37. The highest BCUT2D eigenvalue weighted by Gasteiger charge is 2.07. The smallest absolute Gasteiger partial charge is 0.189 e. The first kappa shape index (κ1) is 22.5. The van der Waals surface area contributed by atoms with Crippen molar-refractivity contribution in [3.63, 3.8) is 0 Å². The van der Waals surface area contributed by atoms with E-state index in [2.05, 4.69) is 22.1 Å². The number of allylic oxidation sites excluding steroid dienone is 1. The van der Waals surface area contributed by atoms with E-state index in [4.69, 9.17) is 14.2 Å². The van der Waals surface area contributed by atoms with Gasteiger partial charge in [0.25, 0.3) is 0 Å². The lowest BCUT2D eigenvalue weighted by atomic mass is 10.1. The highest BCUT2D eigenvalue weighted by molar-refractivity contribution is 5.79. The highest BCUT2D eigenvalue weighted by atomic mass is 16.7. The molecule has 2 rings (SSSR count). The molecule has 29 heavy (non-hydrogen) atoms. The summed E-state index contributed by atoms with van der Waals surface area (Å²) >= 11 is 0. The van der Waals surface area contributed by atoms with Gasteiger partial charge in [-0.15, -0.1) is 0 Å². The fraction of sp³-hybridized carbons (Fsp3) is 0.375. The standard InChI is InChI=1S/C24H31NO4/c1-5-6-14-28-23-15-19(2)24(20(3)16-23)29-18-27-13-7-8-21-9-11-22(12-10-21)17-25-26-4/h5-6,9-12,15-17H,7-8,13-14,18H2,1-4H3/b6-5+,25-17?. The zero-order valence-corrected chi connectivity index (χ0v) is 17.8. The van der Waals surface area contributed by atoms with E-state index in [-0.39, 0.29) is 6.79 Å². The molecule has 0 atom stereocenters. The average Bonchev–Trinajstić information content (AvgIpc) is 2.71. The summed E-state index contributed by atoms with van der Waals surface area (Å²) in [6.45, 7) is 7.48. The second-order valence-corrected chi connectivity index (χ2v) is 6.70. The molecular formula is C24H31NO4. The number of hydrogen-bond acceptors (Lipinski definition) is 5. The number of aryl methyl sites for hydroxylation is 3. The minimum atomic E-state index is 0.243. The van der Waals surface area contributed by atoms with Crippen LogP contribution in [0.15, 0.2) is 53.7 Å². The van der Waals surface area contributed by atoms with Crippen LogP contribution in [0.3, 0.4) is 0 Å². The summed E-state index contributed by atoms with van der Waals surface area (Å²) in [4.78, 5) is 4.68. The maximum absolute atomic E-state index is 5.84. The van der Waals surface area contributed by atoms with Crippen LogP contribution in [0.1, 0.15) is 35.6 Å². The molecule has 0 saturated carbocycles. The van der Waals surface area contributed by atoms with Gasteiger partial charge >= 0.3 is 0 Å². The Balaban J connectivity index is 1.70. The minimum absolute atomic E-state index is 0.243. The van der Waals surface area contributed by atoms with Gasteiger partial charge in [0.2, 0.25) is 0 Å². The van der Waals surface area contributed by atoms with Crippen molar-refractivity contribution in [2.45, 2.75) is 33.6 Å². The number of ether oxygens (including phenoxy) is 3. The molecule has 0 radical (unpaired) electrons. The Morgan fingerprint density at radius 1 is 1.00 bits per heavy atom. The molecule has 0 heterocycles. The van der Waals surface area contributed by atoms with Crippen molar-refractivity contribution in [2.75, 3.05) is 27.1 Å². The summed E-state index contributed by atoms with van der Waals surface area (Å²) in [5.74, 6) is 1.71. The SMILES string of the molecule is C/C=C/COc1cc(C)c(OCOCCCc2ccc(C=NOC)cc2)c(C)c1. The lowest BCUT2D eigenvalue weighted by molar-refractivity contribution is 0.0135. The Morgan fingerprint density at radius 2 is 1.72 bits per heavy atom. The van der Waals surface area contributed by atoms with Gasteiger partial charge in [0.1, 0.15) is 25.2 Å². The van der Waals surface area contributed by atoms with E-state index in [0.717, 1.165) is 41.0 Å². The molecule has 0 aliphatic rings. The van der Waals surface area contributed by atoms with Crippen LogP contribution in [-0.2, 0) is 16.0 Å². The van der Waals surface area contributed by atoms with Crippen LogP contribution in [0.5, 0.6) is 11.5 Å². The Morgan fingerprint density at radius 3 is 2.38 bits per heavy atom. The molecule has 0 N–H and O–H groups in total. The topological polar surface area (TPSA) is 49.3 Å². The number of oxime groups is 1. The normalized spacial score (nSPS) is 11.3. The molecule has 156 valence electrons. The van der Waals surface area contributed by atoms with Crippen molar-refractivity contribution in [1.82, 2.24) is 0 Å². The molecule has 0 saturated heterocycles. The van der Waals surface area contributed by atoms with Gasteiger partial charge in [-0.05, 0) is 68.0 Å². The number of nitrogens with zero attached hydrogens (tertiary/aromatic N) is 1. The van der Waals surface area contributed by atoms with Crippen LogP contribution >= 0.6 is 0 Å². The van der Waals surface area contributed by atoms with Gasteiger partial charge in [0.15, 0.2) is 6.79 Å². The monoisotopic (exact) mass is 397 g/mol. The molecule has 2 aromatic rings. The lowest BCUT2D eigenvalue weighted by Gasteiger charge is -2.14. The van der Waals surface area contributed by atoms with Crippen molar-refractivity contribution in [1.29, 1.82) is 0 Å². The van der Waals surface area contributed by atoms with Gasteiger partial charge in [-0.1, -0.05) is 41.6 Å². The van der Waals surface area contributed by atoms with E-state index in [0.29, 0.717) is 13.2 Å². The predicted molar refractivity (Wildman–Crippen MR) is 117 cm³/mol. The largest absolute Gasteiger partial charge is 0.490 e.